The Bertz CT molecular complexity index is 782. The Kier molecular flexibility index (Phi) is 4.79. The maximum Gasteiger partial charge on any atom is 0.333 e. The van der Waals surface area contributed by atoms with Crippen LogP contribution in [0.1, 0.15) is 79.1 Å². The SMILES string of the molecule is C=C1[C@@H]2CC[C@H]3[C@]4(C)CCC[C@](C)(C(=O)O)[C@H]4CC[C@]3(C2)[C@H]1OC(=O)/C(C)=C\C. The van der Waals surface area contributed by atoms with Gasteiger partial charge in [0.2, 0.25) is 0 Å². The van der Waals surface area contributed by atoms with E-state index in [1.165, 1.54) is 0 Å². The number of carboxylic acids is 1. The van der Waals surface area contributed by atoms with E-state index >= 15 is 0 Å². The quantitative estimate of drug-likeness (QED) is 0.384. The summed E-state index contributed by atoms with van der Waals surface area (Å²) in [6, 6.07) is 0. The third kappa shape index (κ3) is 2.70. The molecule has 0 aromatic heterocycles. The van der Waals surface area contributed by atoms with Gasteiger partial charge in [-0.3, -0.25) is 4.79 Å². The molecule has 4 aliphatic rings. The van der Waals surface area contributed by atoms with Gasteiger partial charge in [0.25, 0.3) is 0 Å². The molecular weight excluding hydrogens is 364 g/mol. The highest BCUT2D eigenvalue weighted by atomic mass is 16.5. The summed E-state index contributed by atoms with van der Waals surface area (Å²) >= 11 is 0. The number of hydrogen-bond acceptors (Lipinski definition) is 3. The average Bonchev–Trinajstić information content (AvgIpc) is 2.87. The summed E-state index contributed by atoms with van der Waals surface area (Å²) in [5.41, 5.74) is 1.02. The smallest absolute Gasteiger partial charge is 0.333 e. The van der Waals surface area contributed by atoms with Gasteiger partial charge in [-0.15, -0.1) is 0 Å². The lowest BCUT2D eigenvalue weighted by Crippen LogP contribution is -2.60. The number of aliphatic carboxylic acids is 1. The molecule has 2 bridgehead atoms. The highest BCUT2D eigenvalue weighted by Gasteiger charge is 2.68. The minimum absolute atomic E-state index is 0.0144. The summed E-state index contributed by atoms with van der Waals surface area (Å²) in [6.45, 7) is 12.4. The molecule has 4 heteroatoms. The van der Waals surface area contributed by atoms with E-state index in [1.807, 2.05) is 13.8 Å². The summed E-state index contributed by atoms with van der Waals surface area (Å²) in [5, 5.41) is 10.1. The van der Waals surface area contributed by atoms with Gasteiger partial charge in [-0.05, 0) is 94.5 Å². The molecule has 4 fully saturated rings. The third-order valence-corrected chi connectivity index (χ3v) is 9.65. The minimum Gasteiger partial charge on any atom is -0.481 e. The Morgan fingerprint density at radius 1 is 1.14 bits per heavy atom. The van der Waals surface area contributed by atoms with Crippen molar-refractivity contribution in [2.75, 3.05) is 0 Å². The predicted octanol–water partition coefficient (Wildman–Crippen LogP) is 5.53. The van der Waals surface area contributed by atoms with Crippen LogP contribution in [0.2, 0.25) is 0 Å². The van der Waals surface area contributed by atoms with Gasteiger partial charge in [-0.25, -0.2) is 4.79 Å². The van der Waals surface area contributed by atoms with Crippen LogP contribution >= 0.6 is 0 Å². The molecule has 0 saturated heterocycles. The molecule has 0 unspecified atom stereocenters. The number of rotatable bonds is 3. The van der Waals surface area contributed by atoms with Gasteiger partial charge >= 0.3 is 11.9 Å². The molecule has 0 amide bonds. The lowest BCUT2D eigenvalue weighted by molar-refractivity contribution is -0.195. The molecule has 29 heavy (non-hydrogen) atoms. The van der Waals surface area contributed by atoms with Gasteiger partial charge < -0.3 is 9.84 Å². The first kappa shape index (κ1) is 20.7. The highest BCUT2D eigenvalue weighted by molar-refractivity contribution is 5.88. The number of carbonyl (C=O) groups excluding carboxylic acids is 1. The number of hydrogen-bond donors (Lipinski definition) is 1. The first-order valence-corrected chi connectivity index (χ1v) is 11.4. The second-order valence-electron chi connectivity index (χ2n) is 10.8. The van der Waals surface area contributed by atoms with Crippen molar-refractivity contribution in [3.05, 3.63) is 23.8 Å². The van der Waals surface area contributed by atoms with Gasteiger partial charge in [-0.1, -0.05) is 26.0 Å². The van der Waals surface area contributed by atoms with Crippen molar-refractivity contribution in [2.45, 2.75) is 85.2 Å². The Morgan fingerprint density at radius 2 is 1.86 bits per heavy atom. The number of carboxylic acid groups (broad SMARTS) is 1. The van der Waals surface area contributed by atoms with Crippen molar-refractivity contribution in [2.24, 2.45) is 34.0 Å². The first-order chi connectivity index (χ1) is 13.6. The fraction of sp³-hybridized carbons (Fsp3) is 0.760. The van der Waals surface area contributed by atoms with Gasteiger partial charge in [0.05, 0.1) is 5.41 Å². The molecule has 4 nitrogen and oxygen atoms in total. The van der Waals surface area contributed by atoms with Gasteiger partial charge in [0, 0.05) is 11.0 Å². The van der Waals surface area contributed by atoms with E-state index in [2.05, 4.69) is 13.5 Å². The molecule has 4 rings (SSSR count). The number of carbonyl (C=O) groups is 2. The molecule has 4 saturated carbocycles. The Balaban J connectivity index is 1.73. The van der Waals surface area contributed by atoms with Crippen LogP contribution in [0, 0.1) is 34.0 Å². The topological polar surface area (TPSA) is 63.6 Å². The first-order valence-electron chi connectivity index (χ1n) is 11.4. The standard InChI is InChI=1S/C25H36O4/c1-6-15(2)21(26)29-20-16(3)17-8-9-19-23(4)11-7-12-24(5,22(27)28)18(23)10-13-25(19,20)14-17/h6,17-20H,3,7-14H2,1-2,4-5H3,(H,27,28)/b15-6-/t17-,18+,19+,20+,23-,24+,25-/m1/s1. The van der Waals surface area contributed by atoms with E-state index in [0.717, 1.165) is 56.9 Å². The summed E-state index contributed by atoms with van der Waals surface area (Å²) < 4.78 is 6.15. The zero-order valence-electron chi connectivity index (χ0n) is 18.4. The molecule has 1 N–H and O–H groups in total. The third-order valence-electron chi connectivity index (χ3n) is 9.65. The van der Waals surface area contributed by atoms with Crippen LogP contribution in [0.5, 0.6) is 0 Å². The highest BCUT2D eigenvalue weighted by Crippen LogP contribution is 2.72. The van der Waals surface area contributed by atoms with E-state index in [9.17, 15) is 14.7 Å². The molecule has 0 aromatic carbocycles. The number of ether oxygens (including phenoxy) is 1. The predicted molar refractivity (Wildman–Crippen MR) is 112 cm³/mol. The van der Waals surface area contributed by atoms with Crippen molar-refractivity contribution in [1.29, 1.82) is 0 Å². The second kappa shape index (κ2) is 6.72. The van der Waals surface area contributed by atoms with Crippen molar-refractivity contribution in [3.8, 4) is 0 Å². The van der Waals surface area contributed by atoms with E-state index < -0.39 is 11.4 Å². The Labute approximate surface area is 174 Å². The molecule has 0 radical (unpaired) electrons. The van der Waals surface area contributed by atoms with Crippen molar-refractivity contribution in [1.82, 2.24) is 0 Å². The summed E-state index contributed by atoms with van der Waals surface area (Å²) in [4.78, 5) is 25.0. The van der Waals surface area contributed by atoms with Crippen LogP contribution in [-0.4, -0.2) is 23.1 Å². The summed E-state index contributed by atoms with van der Waals surface area (Å²) in [7, 11) is 0. The fourth-order valence-corrected chi connectivity index (χ4v) is 8.10. The van der Waals surface area contributed by atoms with E-state index in [-0.39, 0.29) is 28.8 Å². The normalized spacial score (nSPS) is 46.6. The van der Waals surface area contributed by atoms with Gasteiger partial charge in [-0.2, -0.15) is 0 Å². The monoisotopic (exact) mass is 400 g/mol. The number of esters is 1. The lowest BCUT2D eigenvalue weighted by atomic mass is 9.40. The van der Waals surface area contributed by atoms with Crippen LogP contribution in [0.3, 0.4) is 0 Å². The molecule has 160 valence electrons. The van der Waals surface area contributed by atoms with Crippen molar-refractivity contribution < 1.29 is 19.4 Å². The van der Waals surface area contributed by atoms with Crippen molar-refractivity contribution in [3.63, 3.8) is 0 Å². The van der Waals surface area contributed by atoms with Crippen LogP contribution in [0.15, 0.2) is 23.8 Å². The second-order valence-corrected chi connectivity index (χ2v) is 10.8. The van der Waals surface area contributed by atoms with E-state index in [1.54, 1.807) is 13.0 Å². The largest absolute Gasteiger partial charge is 0.481 e. The zero-order chi connectivity index (χ0) is 21.2. The molecule has 1 spiro atoms. The fourth-order valence-electron chi connectivity index (χ4n) is 8.10. The molecule has 7 atom stereocenters. The molecule has 0 aromatic rings. The van der Waals surface area contributed by atoms with Crippen LogP contribution in [0.4, 0.5) is 0 Å². The average molecular weight is 401 g/mol. The van der Waals surface area contributed by atoms with Crippen LogP contribution in [-0.2, 0) is 14.3 Å². The van der Waals surface area contributed by atoms with Gasteiger partial charge in [0.15, 0.2) is 0 Å². The van der Waals surface area contributed by atoms with Crippen molar-refractivity contribution >= 4 is 11.9 Å². The maximum atomic E-state index is 12.7. The number of fused-ring (bicyclic) bond motifs is 3. The molecule has 4 aliphatic carbocycles. The lowest BCUT2D eigenvalue weighted by Gasteiger charge is -2.63. The van der Waals surface area contributed by atoms with E-state index in [0.29, 0.717) is 17.4 Å². The molecular formula is C25H36O4. The Morgan fingerprint density at radius 3 is 2.52 bits per heavy atom. The van der Waals surface area contributed by atoms with Crippen LogP contribution in [0.25, 0.3) is 0 Å². The summed E-state index contributed by atoms with van der Waals surface area (Å²) in [5.74, 6) is 0.151. The molecule has 0 aliphatic heterocycles. The maximum absolute atomic E-state index is 12.7. The van der Waals surface area contributed by atoms with E-state index in [4.69, 9.17) is 4.74 Å². The molecule has 0 heterocycles. The summed E-state index contributed by atoms with van der Waals surface area (Å²) in [6.07, 6.45) is 9.50. The Hall–Kier alpha value is -1.58. The van der Waals surface area contributed by atoms with Gasteiger partial charge in [0.1, 0.15) is 6.10 Å². The van der Waals surface area contributed by atoms with Crippen LogP contribution < -0.4 is 0 Å². The number of allylic oxidation sites excluding steroid dienone is 1. The minimum atomic E-state index is -0.644. The zero-order valence-corrected chi connectivity index (χ0v) is 18.4.